The Balaban J connectivity index is 0. The molecule has 0 amide bonds. The second kappa shape index (κ2) is 11.2. The predicted octanol–water partition coefficient (Wildman–Crippen LogP) is -0.204. The maximum atomic E-state index is 10.5. The van der Waals surface area contributed by atoms with E-state index in [2.05, 4.69) is 4.74 Å². The molecule has 20 heavy (non-hydrogen) atoms. The number of ether oxygens (including phenoxy) is 1. The van der Waals surface area contributed by atoms with Crippen molar-refractivity contribution in [1.29, 1.82) is 0 Å². The van der Waals surface area contributed by atoms with Crippen LogP contribution < -0.4 is 11.5 Å². The number of carboxylic acid groups (broad SMARTS) is 2. The number of esters is 1. The molecule has 0 rings (SSSR count). The molecule has 1 unspecified atom stereocenters. The van der Waals surface area contributed by atoms with Crippen molar-refractivity contribution in [3.05, 3.63) is 0 Å². The molecule has 0 radical (unpaired) electrons. The van der Waals surface area contributed by atoms with Crippen molar-refractivity contribution in [3.63, 3.8) is 0 Å². The maximum absolute atomic E-state index is 10.5. The SMILES string of the molecule is CC(C)CC(N)C(=O)O.COC(=O)CC[C@H](N)C(=O)O. The lowest BCUT2D eigenvalue weighted by atomic mass is 10.1. The van der Waals surface area contributed by atoms with Crippen molar-refractivity contribution >= 4 is 17.9 Å². The first kappa shape index (κ1) is 20.6. The van der Waals surface area contributed by atoms with E-state index in [9.17, 15) is 14.4 Å². The van der Waals surface area contributed by atoms with Crippen molar-refractivity contribution in [3.8, 4) is 0 Å². The maximum Gasteiger partial charge on any atom is 0.320 e. The molecule has 0 bridgehead atoms. The highest BCUT2D eigenvalue weighted by Gasteiger charge is 2.13. The van der Waals surface area contributed by atoms with Crippen LogP contribution in [0.4, 0.5) is 0 Å². The highest BCUT2D eigenvalue weighted by Crippen LogP contribution is 2.01. The zero-order valence-corrected chi connectivity index (χ0v) is 12.0. The van der Waals surface area contributed by atoms with Crippen LogP contribution >= 0.6 is 0 Å². The minimum atomic E-state index is -1.10. The van der Waals surface area contributed by atoms with Gasteiger partial charge >= 0.3 is 17.9 Å². The molecule has 0 aromatic heterocycles. The average Bonchev–Trinajstić information content (AvgIpc) is 2.35. The minimum absolute atomic E-state index is 0.0456. The van der Waals surface area contributed by atoms with E-state index in [1.807, 2.05) is 13.8 Å². The Morgan fingerprint density at radius 2 is 1.50 bits per heavy atom. The third kappa shape index (κ3) is 12.8. The highest BCUT2D eigenvalue weighted by molar-refractivity contribution is 5.75. The highest BCUT2D eigenvalue weighted by atomic mass is 16.5. The molecule has 0 aliphatic carbocycles. The summed E-state index contributed by atoms with van der Waals surface area (Å²) in [7, 11) is 1.24. The van der Waals surface area contributed by atoms with Crippen LogP contribution in [0.3, 0.4) is 0 Å². The Bertz CT molecular complexity index is 319. The van der Waals surface area contributed by atoms with Gasteiger partial charge < -0.3 is 26.4 Å². The van der Waals surface area contributed by atoms with E-state index in [0.717, 1.165) is 0 Å². The van der Waals surface area contributed by atoms with Gasteiger partial charge in [-0.25, -0.2) is 0 Å². The molecule has 0 fully saturated rings. The number of nitrogens with two attached hydrogens (primary N) is 2. The quantitative estimate of drug-likeness (QED) is 0.470. The third-order valence-electron chi connectivity index (χ3n) is 2.25. The Morgan fingerprint density at radius 3 is 1.75 bits per heavy atom. The van der Waals surface area contributed by atoms with E-state index in [4.69, 9.17) is 21.7 Å². The molecule has 0 saturated heterocycles. The van der Waals surface area contributed by atoms with Gasteiger partial charge in [0.1, 0.15) is 12.1 Å². The molecule has 2 atom stereocenters. The predicted molar refractivity (Wildman–Crippen MR) is 71.9 cm³/mol. The molecular weight excluding hydrogens is 268 g/mol. The van der Waals surface area contributed by atoms with E-state index < -0.39 is 30.0 Å². The van der Waals surface area contributed by atoms with Crippen LogP contribution in [0, 0.1) is 5.92 Å². The van der Waals surface area contributed by atoms with Gasteiger partial charge in [-0.1, -0.05) is 13.8 Å². The van der Waals surface area contributed by atoms with Crippen molar-refractivity contribution in [2.75, 3.05) is 7.11 Å². The van der Waals surface area contributed by atoms with Crippen molar-refractivity contribution in [2.45, 2.75) is 45.2 Å². The van der Waals surface area contributed by atoms with Crippen LogP contribution in [0.1, 0.15) is 33.1 Å². The molecule has 0 aromatic rings. The van der Waals surface area contributed by atoms with Gasteiger partial charge in [-0.3, -0.25) is 14.4 Å². The number of hydrogen-bond donors (Lipinski definition) is 4. The van der Waals surface area contributed by atoms with Crippen LogP contribution in [-0.2, 0) is 19.1 Å². The molecule has 118 valence electrons. The summed E-state index contributed by atoms with van der Waals surface area (Å²) in [5.74, 6) is -2.10. The molecule has 0 heterocycles. The van der Waals surface area contributed by atoms with Gasteiger partial charge in [-0.2, -0.15) is 0 Å². The average molecular weight is 292 g/mol. The van der Waals surface area contributed by atoms with Crippen LogP contribution in [-0.4, -0.2) is 47.3 Å². The van der Waals surface area contributed by atoms with E-state index in [0.29, 0.717) is 12.3 Å². The molecule has 0 aliphatic heterocycles. The number of aliphatic carboxylic acids is 2. The molecule has 0 spiro atoms. The van der Waals surface area contributed by atoms with E-state index in [1.54, 1.807) is 0 Å². The lowest BCUT2D eigenvalue weighted by molar-refractivity contribution is -0.142. The lowest BCUT2D eigenvalue weighted by Gasteiger charge is -2.07. The number of hydrogen-bond acceptors (Lipinski definition) is 6. The van der Waals surface area contributed by atoms with E-state index in [-0.39, 0.29) is 12.8 Å². The summed E-state index contributed by atoms with van der Waals surface area (Å²) >= 11 is 0. The molecule has 0 aliphatic rings. The summed E-state index contributed by atoms with van der Waals surface area (Å²) in [6.45, 7) is 3.89. The number of carbonyl (C=O) groups excluding carboxylic acids is 1. The smallest absolute Gasteiger partial charge is 0.320 e. The number of carboxylic acids is 2. The number of methoxy groups -OCH3 is 1. The van der Waals surface area contributed by atoms with Gasteiger partial charge in [0.25, 0.3) is 0 Å². The fourth-order valence-electron chi connectivity index (χ4n) is 1.11. The van der Waals surface area contributed by atoms with Crippen molar-refractivity contribution < 1.29 is 29.3 Å². The second-order valence-electron chi connectivity index (χ2n) is 4.63. The summed E-state index contributed by atoms with van der Waals surface area (Å²) in [5.41, 5.74) is 10.3. The summed E-state index contributed by atoms with van der Waals surface area (Å²) in [5, 5.41) is 16.6. The van der Waals surface area contributed by atoms with Gasteiger partial charge in [-0.05, 0) is 18.8 Å². The van der Waals surface area contributed by atoms with Crippen LogP contribution in [0.5, 0.6) is 0 Å². The summed E-state index contributed by atoms with van der Waals surface area (Å²) in [4.78, 5) is 30.7. The van der Waals surface area contributed by atoms with Gasteiger partial charge in [0.15, 0.2) is 0 Å². The Morgan fingerprint density at radius 1 is 1.05 bits per heavy atom. The molecule has 8 nitrogen and oxygen atoms in total. The van der Waals surface area contributed by atoms with Crippen molar-refractivity contribution in [2.24, 2.45) is 17.4 Å². The van der Waals surface area contributed by atoms with Gasteiger partial charge in [-0.15, -0.1) is 0 Å². The van der Waals surface area contributed by atoms with Crippen LogP contribution in [0.25, 0.3) is 0 Å². The van der Waals surface area contributed by atoms with E-state index >= 15 is 0 Å². The first-order chi connectivity index (χ1) is 9.11. The Labute approximate surface area is 118 Å². The summed E-state index contributed by atoms with van der Waals surface area (Å²) in [6.07, 6.45) is 0.710. The fourth-order valence-corrected chi connectivity index (χ4v) is 1.11. The Kier molecular flexibility index (Phi) is 11.5. The van der Waals surface area contributed by atoms with Gasteiger partial charge in [0.05, 0.1) is 7.11 Å². The topological polar surface area (TPSA) is 153 Å². The third-order valence-corrected chi connectivity index (χ3v) is 2.25. The van der Waals surface area contributed by atoms with Crippen LogP contribution in [0.2, 0.25) is 0 Å². The molecule has 0 saturated carbocycles. The second-order valence-corrected chi connectivity index (χ2v) is 4.63. The molecule has 8 heteroatoms. The lowest BCUT2D eigenvalue weighted by Crippen LogP contribution is -2.31. The molecule has 6 N–H and O–H groups in total. The first-order valence-corrected chi connectivity index (χ1v) is 6.15. The normalized spacial score (nSPS) is 12.9. The molecular formula is C12H24N2O6. The van der Waals surface area contributed by atoms with Gasteiger partial charge in [0, 0.05) is 6.42 Å². The standard InChI is InChI=1S/C6H11NO4.C6H13NO2/c1-11-5(8)3-2-4(7)6(9)10;1-4(2)3-5(7)6(8)9/h4H,2-3,7H2,1H3,(H,9,10);4-5H,3,7H2,1-2H3,(H,8,9)/t4-;/m0./s1. The Hall–Kier alpha value is -1.67. The fraction of sp³-hybridized carbons (Fsp3) is 0.750. The summed E-state index contributed by atoms with van der Waals surface area (Å²) in [6, 6.07) is -1.67. The first-order valence-electron chi connectivity index (χ1n) is 6.15. The minimum Gasteiger partial charge on any atom is -0.480 e. The molecule has 0 aromatic carbocycles. The van der Waals surface area contributed by atoms with Crippen molar-refractivity contribution in [1.82, 2.24) is 0 Å². The monoisotopic (exact) mass is 292 g/mol. The van der Waals surface area contributed by atoms with Crippen LogP contribution in [0.15, 0.2) is 0 Å². The summed E-state index contributed by atoms with van der Waals surface area (Å²) < 4.78 is 4.29. The number of rotatable bonds is 7. The van der Waals surface area contributed by atoms with Gasteiger partial charge in [0.2, 0.25) is 0 Å². The van der Waals surface area contributed by atoms with E-state index in [1.165, 1.54) is 7.11 Å². The zero-order chi connectivity index (χ0) is 16.3. The number of carbonyl (C=O) groups is 3. The largest absolute Gasteiger partial charge is 0.480 e. The zero-order valence-electron chi connectivity index (χ0n) is 12.0.